The average Bonchev–Trinajstić information content (AvgIpc) is 2.49. The third-order valence-electron chi connectivity index (χ3n) is 3.30. The van der Waals surface area contributed by atoms with E-state index in [1.165, 1.54) is 4.90 Å². The summed E-state index contributed by atoms with van der Waals surface area (Å²) in [6.07, 6.45) is -0.851. The van der Waals surface area contributed by atoms with Gasteiger partial charge in [0.15, 0.2) is 0 Å². The van der Waals surface area contributed by atoms with Crippen LogP contribution in [0.1, 0.15) is 33.3 Å². The Morgan fingerprint density at radius 2 is 1.83 bits per heavy atom. The summed E-state index contributed by atoms with van der Waals surface area (Å²) in [6.45, 7) is 7.05. The lowest BCUT2D eigenvalue weighted by Gasteiger charge is -2.30. The molecule has 24 heavy (non-hydrogen) atoms. The van der Waals surface area contributed by atoms with Gasteiger partial charge in [0.2, 0.25) is 5.91 Å². The summed E-state index contributed by atoms with van der Waals surface area (Å²) in [5.41, 5.74) is 0.295. The number of hydrogen-bond donors (Lipinski definition) is 2. The van der Waals surface area contributed by atoms with Crippen LogP contribution in [-0.4, -0.2) is 53.3 Å². The standard InChI is InChI=1S/C18H28N2O4/c1-13(21)12-19-16(22)15(11-14-9-7-6-8-10-14)20(5)17(23)24-18(2,3)4/h6-10,13,15,21H,11-12H2,1-5H3,(H,19,22)/t13-,15-/m1/s1. The van der Waals surface area contributed by atoms with Gasteiger partial charge in [0, 0.05) is 20.0 Å². The zero-order chi connectivity index (χ0) is 18.3. The van der Waals surface area contributed by atoms with Crippen molar-refractivity contribution >= 4 is 12.0 Å². The number of nitrogens with one attached hydrogen (secondary N) is 1. The number of amides is 2. The molecule has 0 saturated heterocycles. The highest BCUT2D eigenvalue weighted by Gasteiger charge is 2.30. The summed E-state index contributed by atoms with van der Waals surface area (Å²) in [7, 11) is 1.55. The van der Waals surface area contributed by atoms with Gasteiger partial charge in [-0.2, -0.15) is 0 Å². The zero-order valence-corrected chi connectivity index (χ0v) is 15.1. The van der Waals surface area contributed by atoms with Crippen molar-refractivity contribution in [1.29, 1.82) is 0 Å². The molecule has 0 fully saturated rings. The Kier molecular flexibility index (Phi) is 7.22. The van der Waals surface area contributed by atoms with Crippen LogP contribution in [0.25, 0.3) is 0 Å². The largest absolute Gasteiger partial charge is 0.444 e. The van der Waals surface area contributed by atoms with Gasteiger partial charge in [-0.25, -0.2) is 4.79 Å². The van der Waals surface area contributed by atoms with E-state index in [0.29, 0.717) is 6.42 Å². The van der Waals surface area contributed by atoms with Gasteiger partial charge in [0.25, 0.3) is 0 Å². The summed E-state index contributed by atoms with van der Waals surface area (Å²) >= 11 is 0. The van der Waals surface area contributed by atoms with Crippen molar-refractivity contribution in [1.82, 2.24) is 10.2 Å². The minimum absolute atomic E-state index is 0.131. The number of hydrogen-bond acceptors (Lipinski definition) is 4. The molecule has 2 N–H and O–H groups in total. The van der Waals surface area contributed by atoms with E-state index in [0.717, 1.165) is 5.56 Å². The lowest BCUT2D eigenvalue weighted by atomic mass is 10.0. The Morgan fingerprint density at radius 3 is 2.33 bits per heavy atom. The molecule has 0 bridgehead atoms. The van der Waals surface area contributed by atoms with E-state index in [-0.39, 0.29) is 12.5 Å². The van der Waals surface area contributed by atoms with Gasteiger partial charge >= 0.3 is 6.09 Å². The molecular formula is C18H28N2O4. The number of aliphatic hydroxyl groups excluding tert-OH is 1. The van der Waals surface area contributed by atoms with Crippen molar-refractivity contribution in [3.63, 3.8) is 0 Å². The van der Waals surface area contributed by atoms with E-state index in [1.807, 2.05) is 30.3 Å². The maximum atomic E-state index is 12.5. The van der Waals surface area contributed by atoms with E-state index >= 15 is 0 Å². The Balaban J connectivity index is 2.90. The van der Waals surface area contributed by atoms with Crippen LogP contribution in [0, 0.1) is 0 Å². The van der Waals surface area contributed by atoms with Gasteiger partial charge < -0.3 is 15.2 Å². The molecule has 0 radical (unpaired) electrons. The van der Waals surface area contributed by atoms with Crippen molar-refractivity contribution in [2.75, 3.05) is 13.6 Å². The summed E-state index contributed by atoms with van der Waals surface area (Å²) < 4.78 is 5.35. The Morgan fingerprint density at radius 1 is 1.25 bits per heavy atom. The molecule has 134 valence electrons. The monoisotopic (exact) mass is 336 g/mol. The first kappa shape index (κ1) is 20.0. The average molecular weight is 336 g/mol. The minimum atomic E-state index is -0.721. The molecule has 2 atom stereocenters. The molecule has 1 rings (SSSR count). The lowest BCUT2D eigenvalue weighted by Crippen LogP contribution is -2.51. The van der Waals surface area contributed by atoms with Crippen LogP contribution in [0.4, 0.5) is 4.79 Å². The zero-order valence-electron chi connectivity index (χ0n) is 15.1. The van der Waals surface area contributed by atoms with Gasteiger partial charge in [-0.05, 0) is 33.3 Å². The number of benzene rings is 1. The van der Waals surface area contributed by atoms with Crippen LogP contribution in [0.3, 0.4) is 0 Å². The predicted molar refractivity (Wildman–Crippen MR) is 92.6 cm³/mol. The number of ether oxygens (including phenoxy) is 1. The smallest absolute Gasteiger partial charge is 0.410 e. The highest BCUT2D eigenvalue weighted by molar-refractivity contribution is 5.86. The van der Waals surface area contributed by atoms with Gasteiger partial charge in [0.1, 0.15) is 11.6 Å². The highest BCUT2D eigenvalue weighted by Crippen LogP contribution is 2.14. The number of carbonyl (C=O) groups excluding carboxylic acids is 2. The Hall–Kier alpha value is -2.08. The molecule has 0 saturated carbocycles. The number of carbonyl (C=O) groups is 2. The van der Waals surface area contributed by atoms with Crippen molar-refractivity contribution < 1.29 is 19.4 Å². The van der Waals surface area contributed by atoms with E-state index in [2.05, 4.69) is 5.32 Å². The van der Waals surface area contributed by atoms with E-state index < -0.39 is 23.8 Å². The quantitative estimate of drug-likeness (QED) is 0.832. The lowest BCUT2D eigenvalue weighted by molar-refractivity contribution is -0.126. The van der Waals surface area contributed by atoms with Crippen LogP contribution in [0.15, 0.2) is 30.3 Å². The van der Waals surface area contributed by atoms with Gasteiger partial charge in [-0.3, -0.25) is 9.69 Å². The fraction of sp³-hybridized carbons (Fsp3) is 0.556. The Labute approximate surface area is 143 Å². The molecule has 0 aliphatic heterocycles. The van der Waals surface area contributed by atoms with Gasteiger partial charge in [-0.1, -0.05) is 30.3 Å². The number of nitrogens with zero attached hydrogens (tertiary/aromatic N) is 1. The van der Waals surface area contributed by atoms with Crippen molar-refractivity contribution in [3.05, 3.63) is 35.9 Å². The number of aliphatic hydroxyl groups is 1. The van der Waals surface area contributed by atoms with Gasteiger partial charge in [0.05, 0.1) is 6.10 Å². The molecule has 6 nitrogen and oxygen atoms in total. The minimum Gasteiger partial charge on any atom is -0.444 e. The number of rotatable bonds is 6. The highest BCUT2D eigenvalue weighted by atomic mass is 16.6. The van der Waals surface area contributed by atoms with Crippen molar-refractivity contribution in [2.24, 2.45) is 0 Å². The normalized spacial score (nSPS) is 13.8. The molecule has 2 amide bonds. The summed E-state index contributed by atoms with van der Waals surface area (Å²) in [5.74, 6) is -0.326. The first-order chi connectivity index (χ1) is 11.1. The Bertz CT molecular complexity index is 538. The summed E-state index contributed by atoms with van der Waals surface area (Å²) in [5, 5.41) is 12.0. The van der Waals surface area contributed by atoms with Crippen molar-refractivity contribution in [3.8, 4) is 0 Å². The third-order valence-corrected chi connectivity index (χ3v) is 3.30. The predicted octanol–water partition coefficient (Wildman–Crippen LogP) is 1.96. The van der Waals surface area contributed by atoms with Crippen LogP contribution in [0.2, 0.25) is 0 Å². The fourth-order valence-electron chi connectivity index (χ4n) is 2.07. The molecule has 0 unspecified atom stereocenters. The molecule has 1 aromatic carbocycles. The summed E-state index contributed by atoms with van der Waals surface area (Å²) in [6, 6.07) is 8.74. The molecule has 1 aromatic rings. The van der Waals surface area contributed by atoms with E-state index in [9.17, 15) is 14.7 Å². The fourth-order valence-corrected chi connectivity index (χ4v) is 2.07. The van der Waals surface area contributed by atoms with Crippen LogP contribution in [-0.2, 0) is 16.0 Å². The van der Waals surface area contributed by atoms with E-state index in [1.54, 1.807) is 34.7 Å². The van der Waals surface area contributed by atoms with Crippen LogP contribution >= 0.6 is 0 Å². The molecule has 0 aliphatic carbocycles. The van der Waals surface area contributed by atoms with Crippen LogP contribution < -0.4 is 5.32 Å². The van der Waals surface area contributed by atoms with Crippen molar-refractivity contribution in [2.45, 2.75) is 51.9 Å². The van der Waals surface area contributed by atoms with E-state index in [4.69, 9.17) is 4.74 Å². The second-order valence-corrected chi connectivity index (χ2v) is 6.89. The first-order valence-electron chi connectivity index (χ1n) is 8.05. The summed E-state index contributed by atoms with van der Waals surface area (Å²) in [4.78, 5) is 26.1. The molecule has 0 heterocycles. The van der Waals surface area contributed by atoms with Crippen LogP contribution in [0.5, 0.6) is 0 Å². The molecule has 6 heteroatoms. The third kappa shape index (κ3) is 7.00. The molecule has 0 aromatic heterocycles. The molecular weight excluding hydrogens is 308 g/mol. The second kappa shape index (κ2) is 8.68. The number of likely N-dealkylation sites (N-methyl/N-ethyl adjacent to an activating group) is 1. The SMILES string of the molecule is C[C@@H](O)CNC(=O)[C@@H](Cc1ccccc1)N(C)C(=O)OC(C)(C)C. The molecule has 0 aliphatic rings. The molecule has 0 spiro atoms. The first-order valence-corrected chi connectivity index (χ1v) is 8.05. The second-order valence-electron chi connectivity index (χ2n) is 6.89. The maximum Gasteiger partial charge on any atom is 0.410 e. The van der Waals surface area contributed by atoms with Gasteiger partial charge in [-0.15, -0.1) is 0 Å². The maximum absolute atomic E-state index is 12.5. The topological polar surface area (TPSA) is 78.9 Å².